The van der Waals surface area contributed by atoms with Crippen LogP contribution in [0.15, 0.2) is 53.4 Å². The van der Waals surface area contributed by atoms with Crippen molar-refractivity contribution in [3.05, 3.63) is 59.8 Å². The number of benzene rings is 2. The number of nitrogens with zero attached hydrogens (tertiary/aromatic N) is 1. The number of esters is 1. The Hall–Kier alpha value is -3.06. The second-order valence-corrected chi connectivity index (χ2v) is 7.92. The maximum absolute atomic E-state index is 12.9. The van der Waals surface area contributed by atoms with Gasteiger partial charge in [0.2, 0.25) is 11.7 Å². The van der Waals surface area contributed by atoms with Gasteiger partial charge in [-0.3, -0.25) is 19.3 Å². The van der Waals surface area contributed by atoms with Crippen molar-refractivity contribution in [3.8, 4) is 0 Å². The molecule has 0 radical (unpaired) electrons. The lowest BCUT2D eigenvalue weighted by molar-refractivity contribution is -0.145. The van der Waals surface area contributed by atoms with Crippen LogP contribution >= 0.6 is 11.8 Å². The average Bonchev–Trinajstić information content (AvgIpc) is 3.05. The van der Waals surface area contributed by atoms with Crippen LogP contribution in [0.1, 0.15) is 23.0 Å². The third-order valence-electron chi connectivity index (χ3n) is 4.91. The molecule has 0 unspecified atom stereocenters. The van der Waals surface area contributed by atoms with Gasteiger partial charge in [0, 0.05) is 27.1 Å². The van der Waals surface area contributed by atoms with Gasteiger partial charge in [0.25, 0.3) is 0 Å². The van der Waals surface area contributed by atoms with E-state index in [-0.39, 0.29) is 24.0 Å². The molecule has 1 N–H and O–H groups in total. The molecule has 0 fully saturated rings. The van der Waals surface area contributed by atoms with Crippen molar-refractivity contribution in [2.45, 2.75) is 24.8 Å². The Kier molecular flexibility index (Phi) is 5.15. The first kappa shape index (κ1) is 19.3. The predicted molar refractivity (Wildman–Crippen MR) is 112 cm³/mol. The summed E-state index contributed by atoms with van der Waals surface area (Å²) >= 11 is 1.45. The molecule has 2 aromatic carbocycles. The number of rotatable bonds is 5. The molecule has 6 nitrogen and oxygen atoms in total. The molecule has 1 aliphatic rings. The number of aromatic amines is 1. The minimum atomic E-state index is -0.954. The maximum Gasteiger partial charge on any atom is 0.326 e. The van der Waals surface area contributed by atoms with Crippen LogP contribution in [-0.2, 0) is 14.3 Å². The molecule has 1 aliphatic heterocycles. The number of thioether (sulfide) groups is 1. The van der Waals surface area contributed by atoms with E-state index in [4.69, 9.17) is 4.74 Å². The molecule has 2 heterocycles. The van der Waals surface area contributed by atoms with Crippen LogP contribution < -0.4 is 4.90 Å². The minimum absolute atomic E-state index is 0.155. The second kappa shape index (κ2) is 7.75. The van der Waals surface area contributed by atoms with Crippen LogP contribution in [-0.4, -0.2) is 41.0 Å². The first-order chi connectivity index (χ1) is 14.0. The largest absolute Gasteiger partial charge is 0.453 e. The van der Waals surface area contributed by atoms with Crippen LogP contribution in [0, 0.1) is 6.92 Å². The van der Waals surface area contributed by atoms with E-state index < -0.39 is 12.1 Å². The number of para-hydroxylation sites is 2. The molecule has 148 valence electrons. The highest BCUT2D eigenvalue weighted by Gasteiger charge is 2.29. The lowest BCUT2D eigenvalue weighted by Gasteiger charge is -2.28. The number of carbonyl (C=O) groups excluding carboxylic acids is 3. The third-order valence-corrected chi connectivity index (χ3v) is 5.96. The number of ketones is 1. The number of nitrogens with one attached hydrogen (secondary N) is 1. The first-order valence-electron chi connectivity index (χ1n) is 9.29. The van der Waals surface area contributed by atoms with Gasteiger partial charge < -0.3 is 9.72 Å². The fourth-order valence-electron chi connectivity index (χ4n) is 3.54. The van der Waals surface area contributed by atoms with Crippen molar-refractivity contribution in [1.29, 1.82) is 0 Å². The SMILES string of the molecule is Cc1[nH]c2ccccc2c1C(=O)[C@H](C)OC(=O)CN1C(=O)CSc2ccccc21. The number of H-pyrrole nitrogens is 1. The highest BCUT2D eigenvalue weighted by Crippen LogP contribution is 2.34. The molecular weight excluding hydrogens is 388 g/mol. The molecule has 0 bridgehead atoms. The molecule has 1 atom stereocenters. The number of ether oxygens (including phenoxy) is 1. The number of Topliss-reactive ketones (excluding diaryl/α,β-unsaturated/α-hetero) is 1. The minimum Gasteiger partial charge on any atom is -0.453 e. The molecule has 29 heavy (non-hydrogen) atoms. The molecule has 3 aromatic rings. The maximum atomic E-state index is 12.9. The summed E-state index contributed by atoms with van der Waals surface area (Å²) in [4.78, 5) is 43.3. The number of anilines is 1. The standard InChI is InChI=1S/C22H20N2O4S/c1-13-21(15-7-3-4-8-16(15)23-13)22(27)14(2)28-20(26)11-24-17-9-5-6-10-18(17)29-12-19(24)25/h3-10,14,23H,11-12H2,1-2H3/t14-/m0/s1. The van der Waals surface area contributed by atoms with E-state index in [1.807, 2.05) is 49.4 Å². The van der Waals surface area contributed by atoms with E-state index in [9.17, 15) is 14.4 Å². The molecule has 1 aromatic heterocycles. The fraction of sp³-hybridized carbons (Fsp3) is 0.227. The zero-order valence-electron chi connectivity index (χ0n) is 16.1. The van der Waals surface area contributed by atoms with Crippen molar-refractivity contribution in [2.75, 3.05) is 17.2 Å². The summed E-state index contributed by atoms with van der Waals surface area (Å²) in [5, 5.41) is 0.801. The number of aromatic nitrogens is 1. The van der Waals surface area contributed by atoms with Gasteiger partial charge in [-0.05, 0) is 32.0 Å². The Bertz CT molecular complexity index is 1120. The van der Waals surface area contributed by atoms with E-state index in [1.54, 1.807) is 13.0 Å². The Morgan fingerprint density at radius 1 is 1.17 bits per heavy atom. The number of fused-ring (bicyclic) bond motifs is 2. The monoisotopic (exact) mass is 408 g/mol. The molecule has 7 heteroatoms. The molecule has 1 amide bonds. The zero-order chi connectivity index (χ0) is 20.5. The quantitative estimate of drug-likeness (QED) is 0.514. The van der Waals surface area contributed by atoms with Crippen LogP contribution in [0.25, 0.3) is 10.9 Å². The fourth-order valence-corrected chi connectivity index (χ4v) is 4.48. The van der Waals surface area contributed by atoms with Crippen LogP contribution in [0.2, 0.25) is 0 Å². The summed E-state index contributed by atoms with van der Waals surface area (Å²) in [5.41, 5.74) is 2.81. The summed E-state index contributed by atoms with van der Waals surface area (Å²) in [6.07, 6.45) is -0.954. The number of amides is 1. The second-order valence-electron chi connectivity index (χ2n) is 6.90. The Labute approximate surface area is 172 Å². The highest BCUT2D eigenvalue weighted by atomic mass is 32.2. The lowest BCUT2D eigenvalue weighted by atomic mass is 10.0. The predicted octanol–water partition coefficient (Wildman–Crippen LogP) is 3.73. The van der Waals surface area contributed by atoms with E-state index in [1.165, 1.54) is 16.7 Å². The van der Waals surface area contributed by atoms with E-state index in [2.05, 4.69) is 4.98 Å². The first-order valence-corrected chi connectivity index (χ1v) is 10.3. The summed E-state index contributed by atoms with van der Waals surface area (Å²) < 4.78 is 5.40. The highest BCUT2D eigenvalue weighted by molar-refractivity contribution is 8.00. The van der Waals surface area contributed by atoms with E-state index in [0.717, 1.165) is 21.5 Å². The van der Waals surface area contributed by atoms with E-state index in [0.29, 0.717) is 11.3 Å². The summed E-state index contributed by atoms with van der Waals surface area (Å²) in [7, 11) is 0. The topological polar surface area (TPSA) is 79.5 Å². The van der Waals surface area contributed by atoms with Gasteiger partial charge in [0.15, 0.2) is 6.10 Å². The summed E-state index contributed by atoms with van der Waals surface area (Å²) in [6, 6.07) is 14.9. The van der Waals surface area contributed by atoms with Gasteiger partial charge in [0.1, 0.15) is 6.54 Å². The van der Waals surface area contributed by atoms with Gasteiger partial charge in [0.05, 0.1) is 11.4 Å². The zero-order valence-corrected chi connectivity index (χ0v) is 16.9. The number of carbonyl (C=O) groups is 3. The van der Waals surface area contributed by atoms with Gasteiger partial charge in [-0.2, -0.15) is 0 Å². The number of hydrogen-bond donors (Lipinski definition) is 1. The summed E-state index contributed by atoms with van der Waals surface area (Å²) in [6.45, 7) is 3.16. The van der Waals surface area contributed by atoms with Crippen molar-refractivity contribution in [1.82, 2.24) is 4.98 Å². The smallest absolute Gasteiger partial charge is 0.326 e. The molecule has 0 saturated carbocycles. The molecule has 4 rings (SSSR count). The number of hydrogen-bond acceptors (Lipinski definition) is 5. The molecular formula is C22H20N2O4S. The van der Waals surface area contributed by atoms with Gasteiger partial charge >= 0.3 is 5.97 Å². The molecule has 0 spiro atoms. The van der Waals surface area contributed by atoms with Crippen LogP contribution in [0.3, 0.4) is 0 Å². The average molecular weight is 408 g/mol. The van der Waals surface area contributed by atoms with Crippen molar-refractivity contribution in [3.63, 3.8) is 0 Å². The Morgan fingerprint density at radius 3 is 2.72 bits per heavy atom. The molecule has 0 aliphatic carbocycles. The Balaban J connectivity index is 1.49. The van der Waals surface area contributed by atoms with Crippen LogP contribution in [0.5, 0.6) is 0 Å². The van der Waals surface area contributed by atoms with Gasteiger partial charge in [-0.25, -0.2) is 0 Å². The van der Waals surface area contributed by atoms with E-state index >= 15 is 0 Å². The van der Waals surface area contributed by atoms with Crippen molar-refractivity contribution < 1.29 is 19.1 Å². The van der Waals surface area contributed by atoms with Gasteiger partial charge in [-0.1, -0.05) is 30.3 Å². The van der Waals surface area contributed by atoms with Crippen LogP contribution in [0.4, 0.5) is 5.69 Å². The van der Waals surface area contributed by atoms with Crippen molar-refractivity contribution >= 4 is 46.0 Å². The normalized spacial score (nSPS) is 14.6. The molecule has 0 saturated heterocycles. The summed E-state index contributed by atoms with van der Waals surface area (Å²) in [5.74, 6) is -0.766. The number of aryl methyl sites for hydroxylation is 1. The van der Waals surface area contributed by atoms with Crippen molar-refractivity contribution in [2.24, 2.45) is 0 Å². The Morgan fingerprint density at radius 2 is 1.90 bits per heavy atom. The third kappa shape index (κ3) is 3.65. The lowest BCUT2D eigenvalue weighted by Crippen LogP contribution is -2.41. The van der Waals surface area contributed by atoms with Gasteiger partial charge in [-0.15, -0.1) is 11.8 Å².